The molecule has 4 aromatic rings. The summed E-state index contributed by atoms with van der Waals surface area (Å²) in [6.45, 7) is 0. The third kappa shape index (κ3) is 2.95. The standard InChI is InChI=1S/C18H11ClN4O2/c19-14-9-5-4-8-13(14)17-20-18(25-22-17)16-15(24)10-11-23(21-16)12-6-2-1-3-7-12/h1-11H. The second-order valence-electron chi connectivity index (χ2n) is 5.21. The van der Waals surface area contributed by atoms with Crippen LogP contribution < -0.4 is 5.43 Å². The van der Waals surface area contributed by atoms with Crippen LogP contribution in [0.15, 0.2) is 76.2 Å². The van der Waals surface area contributed by atoms with Crippen molar-refractivity contribution < 1.29 is 4.52 Å². The SMILES string of the molecule is O=c1ccn(-c2ccccc2)nc1-c1nc(-c2ccccc2Cl)no1. The van der Waals surface area contributed by atoms with E-state index in [4.69, 9.17) is 16.1 Å². The van der Waals surface area contributed by atoms with Gasteiger partial charge < -0.3 is 4.52 Å². The van der Waals surface area contributed by atoms with Crippen LogP contribution in [0.1, 0.15) is 0 Å². The van der Waals surface area contributed by atoms with E-state index in [1.807, 2.05) is 42.5 Å². The normalized spacial score (nSPS) is 10.8. The van der Waals surface area contributed by atoms with Gasteiger partial charge >= 0.3 is 0 Å². The summed E-state index contributed by atoms with van der Waals surface area (Å²) in [6.07, 6.45) is 1.59. The number of nitrogens with zero attached hydrogens (tertiary/aromatic N) is 4. The van der Waals surface area contributed by atoms with Gasteiger partial charge in [0.25, 0.3) is 5.89 Å². The molecule has 2 aromatic heterocycles. The van der Waals surface area contributed by atoms with Gasteiger partial charge in [-0.2, -0.15) is 10.1 Å². The third-order valence-electron chi connectivity index (χ3n) is 3.57. The molecule has 6 nitrogen and oxygen atoms in total. The summed E-state index contributed by atoms with van der Waals surface area (Å²) in [6, 6.07) is 18.0. The van der Waals surface area contributed by atoms with Crippen molar-refractivity contribution in [2.24, 2.45) is 0 Å². The van der Waals surface area contributed by atoms with Crippen molar-refractivity contribution in [2.45, 2.75) is 0 Å². The van der Waals surface area contributed by atoms with E-state index in [-0.39, 0.29) is 17.0 Å². The van der Waals surface area contributed by atoms with Crippen LogP contribution in [0.4, 0.5) is 0 Å². The monoisotopic (exact) mass is 350 g/mol. The van der Waals surface area contributed by atoms with Gasteiger partial charge in [-0.15, -0.1) is 0 Å². The number of halogens is 1. The molecule has 2 heterocycles. The van der Waals surface area contributed by atoms with Crippen molar-refractivity contribution in [2.75, 3.05) is 0 Å². The first-order valence-electron chi connectivity index (χ1n) is 7.47. The Hall–Kier alpha value is -3.25. The summed E-state index contributed by atoms with van der Waals surface area (Å²) in [5.41, 5.74) is 1.21. The van der Waals surface area contributed by atoms with Gasteiger partial charge in [-0.05, 0) is 24.3 Å². The molecule has 0 radical (unpaired) electrons. The molecule has 0 N–H and O–H groups in total. The molecule has 25 heavy (non-hydrogen) atoms. The van der Waals surface area contributed by atoms with Crippen LogP contribution in [0.3, 0.4) is 0 Å². The first-order chi connectivity index (χ1) is 12.2. The smallest absolute Gasteiger partial charge is 0.282 e. The van der Waals surface area contributed by atoms with Gasteiger partial charge in [0, 0.05) is 17.8 Å². The summed E-state index contributed by atoms with van der Waals surface area (Å²) in [5.74, 6) is 0.349. The second-order valence-corrected chi connectivity index (χ2v) is 5.62. The summed E-state index contributed by atoms with van der Waals surface area (Å²) in [7, 11) is 0. The summed E-state index contributed by atoms with van der Waals surface area (Å²) < 4.78 is 6.82. The predicted molar refractivity (Wildman–Crippen MR) is 93.6 cm³/mol. The molecular weight excluding hydrogens is 340 g/mol. The van der Waals surface area contributed by atoms with E-state index in [0.29, 0.717) is 16.4 Å². The fourth-order valence-electron chi connectivity index (χ4n) is 2.35. The largest absolute Gasteiger partial charge is 0.332 e. The van der Waals surface area contributed by atoms with Gasteiger partial charge in [0.1, 0.15) is 0 Å². The maximum atomic E-state index is 12.2. The number of hydrogen-bond acceptors (Lipinski definition) is 5. The number of aromatic nitrogens is 4. The minimum absolute atomic E-state index is 0.0465. The Labute approximate surface area is 147 Å². The molecule has 0 aliphatic heterocycles. The lowest BCUT2D eigenvalue weighted by Gasteiger charge is -2.04. The lowest BCUT2D eigenvalue weighted by molar-refractivity contribution is 0.429. The van der Waals surface area contributed by atoms with Crippen molar-refractivity contribution in [1.29, 1.82) is 0 Å². The molecule has 0 amide bonds. The molecule has 0 spiro atoms. The molecule has 0 aliphatic carbocycles. The highest BCUT2D eigenvalue weighted by Crippen LogP contribution is 2.26. The van der Waals surface area contributed by atoms with Gasteiger partial charge in [0.2, 0.25) is 11.3 Å². The molecule has 7 heteroatoms. The Morgan fingerprint density at radius 3 is 2.52 bits per heavy atom. The molecule has 0 unspecified atom stereocenters. The van der Waals surface area contributed by atoms with Crippen molar-refractivity contribution in [3.63, 3.8) is 0 Å². The topological polar surface area (TPSA) is 73.8 Å². The molecule has 0 saturated carbocycles. The highest BCUT2D eigenvalue weighted by atomic mass is 35.5. The van der Waals surface area contributed by atoms with Crippen molar-refractivity contribution >= 4 is 11.6 Å². The van der Waals surface area contributed by atoms with E-state index >= 15 is 0 Å². The molecule has 2 aromatic carbocycles. The highest BCUT2D eigenvalue weighted by molar-refractivity contribution is 6.33. The lowest BCUT2D eigenvalue weighted by atomic mass is 10.2. The van der Waals surface area contributed by atoms with Crippen LogP contribution in [0.5, 0.6) is 0 Å². The maximum absolute atomic E-state index is 12.2. The van der Waals surface area contributed by atoms with Crippen LogP contribution in [-0.2, 0) is 0 Å². The quantitative estimate of drug-likeness (QED) is 0.564. The number of rotatable bonds is 3. The molecular formula is C18H11ClN4O2. The fraction of sp³-hybridized carbons (Fsp3) is 0. The van der Waals surface area contributed by atoms with E-state index in [9.17, 15) is 4.79 Å². The van der Waals surface area contributed by atoms with E-state index in [1.54, 1.807) is 23.0 Å². The number of hydrogen-bond donors (Lipinski definition) is 0. The lowest BCUT2D eigenvalue weighted by Crippen LogP contribution is -2.12. The van der Waals surface area contributed by atoms with E-state index in [1.165, 1.54) is 6.07 Å². The Bertz CT molecular complexity index is 1090. The van der Waals surface area contributed by atoms with Gasteiger partial charge in [0.05, 0.1) is 10.7 Å². The van der Waals surface area contributed by atoms with Crippen molar-refractivity contribution in [3.05, 3.63) is 82.1 Å². The summed E-state index contributed by atoms with van der Waals surface area (Å²) in [4.78, 5) is 16.5. The average Bonchev–Trinajstić information content (AvgIpc) is 3.13. The van der Waals surface area contributed by atoms with Crippen molar-refractivity contribution in [3.8, 4) is 28.7 Å². The second kappa shape index (κ2) is 6.33. The van der Waals surface area contributed by atoms with Crippen LogP contribution in [0, 0.1) is 0 Å². The van der Waals surface area contributed by atoms with E-state index < -0.39 is 0 Å². The maximum Gasteiger partial charge on any atom is 0.282 e. The molecule has 0 atom stereocenters. The van der Waals surface area contributed by atoms with Gasteiger partial charge in [-0.1, -0.05) is 47.1 Å². The first-order valence-corrected chi connectivity index (χ1v) is 7.84. The zero-order valence-corrected chi connectivity index (χ0v) is 13.6. The first kappa shape index (κ1) is 15.3. The van der Waals surface area contributed by atoms with Crippen LogP contribution >= 0.6 is 11.6 Å². The van der Waals surface area contributed by atoms with Crippen LogP contribution in [0.2, 0.25) is 5.02 Å². The van der Waals surface area contributed by atoms with E-state index in [2.05, 4.69) is 15.2 Å². The summed E-state index contributed by atoms with van der Waals surface area (Å²) >= 11 is 6.15. The number of para-hydroxylation sites is 1. The highest BCUT2D eigenvalue weighted by Gasteiger charge is 2.17. The minimum Gasteiger partial charge on any atom is -0.332 e. The van der Waals surface area contributed by atoms with Crippen molar-refractivity contribution in [1.82, 2.24) is 19.9 Å². The summed E-state index contributed by atoms with van der Waals surface area (Å²) in [5, 5.41) is 8.72. The predicted octanol–water partition coefficient (Wildman–Crippen LogP) is 3.60. The minimum atomic E-state index is -0.304. The Morgan fingerprint density at radius 1 is 0.960 bits per heavy atom. The van der Waals surface area contributed by atoms with Crippen LogP contribution in [-0.4, -0.2) is 19.9 Å². The zero-order valence-electron chi connectivity index (χ0n) is 12.8. The third-order valence-corrected chi connectivity index (χ3v) is 3.90. The van der Waals surface area contributed by atoms with E-state index in [0.717, 1.165) is 5.69 Å². The average molecular weight is 351 g/mol. The fourth-order valence-corrected chi connectivity index (χ4v) is 2.57. The molecule has 122 valence electrons. The molecule has 0 bridgehead atoms. The zero-order chi connectivity index (χ0) is 17.2. The Kier molecular flexibility index (Phi) is 3.87. The van der Waals surface area contributed by atoms with Gasteiger partial charge in [-0.25, -0.2) is 4.68 Å². The van der Waals surface area contributed by atoms with Gasteiger partial charge in [0.15, 0.2) is 5.69 Å². The molecule has 4 rings (SSSR count). The molecule has 0 aliphatic rings. The molecule has 0 fully saturated rings. The van der Waals surface area contributed by atoms with Gasteiger partial charge in [-0.3, -0.25) is 4.79 Å². The number of benzene rings is 2. The Balaban J connectivity index is 1.78. The Morgan fingerprint density at radius 2 is 1.72 bits per heavy atom. The van der Waals surface area contributed by atoms with Crippen LogP contribution in [0.25, 0.3) is 28.7 Å². The molecule has 0 saturated heterocycles.